The van der Waals surface area contributed by atoms with Crippen molar-refractivity contribution in [2.75, 3.05) is 0 Å². The summed E-state index contributed by atoms with van der Waals surface area (Å²) < 4.78 is 5.16. The molecule has 3 N–H and O–H groups in total. The van der Waals surface area contributed by atoms with Crippen LogP contribution in [0.5, 0.6) is 0 Å². The van der Waals surface area contributed by atoms with Crippen LogP contribution >= 0.6 is 23.2 Å². The summed E-state index contributed by atoms with van der Waals surface area (Å²) in [5.41, 5.74) is 1.32. The summed E-state index contributed by atoms with van der Waals surface area (Å²) in [6, 6.07) is 11.6. The molecule has 0 spiro atoms. The molecule has 31 heavy (non-hydrogen) atoms. The van der Waals surface area contributed by atoms with E-state index in [9.17, 15) is 19.5 Å². The summed E-state index contributed by atoms with van der Waals surface area (Å²) in [5.74, 6) is -2.17. The van der Waals surface area contributed by atoms with E-state index in [0.717, 1.165) is 5.56 Å². The molecule has 7 nitrogen and oxygen atoms in total. The third-order valence-electron chi connectivity index (χ3n) is 4.49. The van der Waals surface area contributed by atoms with Crippen LogP contribution in [0.15, 0.2) is 48.5 Å². The molecule has 2 atom stereocenters. The fourth-order valence-corrected chi connectivity index (χ4v) is 3.28. The molecule has 0 heterocycles. The van der Waals surface area contributed by atoms with E-state index < -0.39 is 30.1 Å². The van der Waals surface area contributed by atoms with Gasteiger partial charge in [-0.1, -0.05) is 73.4 Å². The number of carbonyl (C=O) groups is 3. The average Bonchev–Trinajstić information content (AvgIpc) is 2.72. The minimum atomic E-state index is -1.24. The maximum Gasteiger partial charge on any atom is 0.408 e. The lowest BCUT2D eigenvalue weighted by atomic mass is 10.0. The van der Waals surface area contributed by atoms with Gasteiger partial charge < -0.3 is 20.5 Å². The lowest BCUT2D eigenvalue weighted by Gasteiger charge is -2.24. The number of carboxylic acid groups (broad SMARTS) is 1. The van der Waals surface area contributed by atoms with Crippen molar-refractivity contribution in [1.29, 1.82) is 0 Å². The molecule has 2 aromatic rings. The van der Waals surface area contributed by atoms with Crippen molar-refractivity contribution < 1.29 is 24.2 Å². The lowest BCUT2D eigenvalue weighted by Crippen LogP contribution is -2.54. The van der Waals surface area contributed by atoms with E-state index in [1.165, 1.54) is 6.07 Å². The Kier molecular flexibility index (Phi) is 9.15. The minimum absolute atomic E-state index is 0.0413. The average molecular weight is 467 g/mol. The van der Waals surface area contributed by atoms with Gasteiger partial charge in [0.05, 0.1) is 0 Å². The highest BCUT2D eigenvalue weighted by atomic mass is 35.5. The Hall–Kier alpha value is -2.77. The molecule has 0 aliphatic heterocycles. The Balaban J connectivity index is 2.01. The second-order valence-electron chi connectivity index (χ2n) is 7.27. The first kappa shape index (κ1) is 24.5. The highest BCUT2D eigenvalue weighted by Crippen LogP contribution is 2.22. The van der Waals surface area contributed by atoms with Crippen molar-refractivity contribution in [1.82, 2.24) is 10.6 Å². The van der Waals surface area contributed by atoms with E-state index >= 15 is 0 Å². The van der Waals surface area contributed by atoms with Crippen LogP contribution in [0.25, 0.3) is 0 Å². The fraction of sp³-hybridized carbons (Fsp3) is 0.318. The highest BCUT2D eigenvalue weighted by molar-refractivity contribution is 6.35. The Morgan fingerprint density at radius 3 is 2.29 bits per heavy atom. The predicted molar refractivity (Wildman–Crippen MR) is 118 cm³/mol. The molecule has 2 amide bonds. The van der Waals surface area contributed by atoms with E-state index in [0.29, 0.717) is 15.6 Å². The maximum atomic E-state index is 12.7. The van der Waals surface area contributed by atoms with Crippen molar-refractivity contribution in [2.24, 2.45) is 5.92 Å². The topological polar surface area (TPSA) is 105 Å². The molecule has 0 fully saturated rings. The number of halogens is 2. The predicted octanol–water partition coefficient (Wildman–Crippen LogP) is 4.06. The van der Waals surface area contributed by atoms with Gasteiger partial charge in [0.1, 0.15) is 18.7 Å². The number of aliphatic carboxylic acids is 1. The minimum Gasteiger partial charge on any atom is -0.480 e. The van der Waals surface area contributed by atoms with E-state index in [4.69, 9.17) is 27.9 Å². The van der Waals surface area contributed by atoms with Gasteiger partial charge in [-0.3, -0.25) is 4.79 Å². The number of benzene rings is 2. The van der Waals surface area contributed by atoms with Gasteiger partial charge in [0, 0.05) is 16.5 Å². The molecule has 166 valence electrons. The van der Waals surface area contributed by atoms with E-state index in [1.807, 2.05) is 18.2 Å². The van der Waals surface area contributed by atoms with Gasteiger partial charge in [-0.15, -0.1) is 0 Å². The third kappa shape index (κ3) is 7.77. The van der Waals surface area contributed by atoms with Gasteiger partial charge >= 0.3 is 12.1 Å². The second-order valence-corrected chi connectivity index (χ2v) is 8.11. The molecular weight excluding hydrogens is 443 g/mol. The van der Waals surface area contributed by atoms with Crippen LogP contribution in [0, 0.1) is 5.92 Å². The van der Waals surface area contributed by atoms with Crippen LogP contribution in [0.4, 0.5) is 4.79 Å². The molecule has 0 radical (unpaired) electrons. The Morgan fingerprint density at radius 2 is 1.71 bits per heavy atom. The zero-order chi connectivity index (χ0) is 23.0. The molecule has 2 aromatic carbocycles. The Labute approximate surface area is 190 Å². The molecular formula is C22H24Cl2N2O5. The van der Waals surface area contributed by atoms with Crippen molar-refractivity contribution >= 4 is 41.2 Å². The molecule has 0 saturated heterocycles. The molecule has 0 aromatic heterocycles. The standard InChI is InChI=1S/C22H24Cl2N2O5/c1-13(2)19(26-22(30)31-12-14-6-4-3-5-7-14)20(27)25-18(21(28)29)10-15-8-9-16(23)11-17(15)24/h3-9,11,13,18-19H,10,12H2,1-2H3,(H,25,27)(H,26,30)(H,28,29)/t18-,19+/m1/s1. The van der Waals surface area contributed by atoms with Crippen molar-refractivity contribution in [3.63, 3.8) is 0 Å². The number of hydrogen-bond acceptors (Lipinski definition) is 4. The smallest absolute Gasteiger partial charge is 0.408 e. The molecule has 0 aliphatic rings. The van der Waals surface area contributed by atoms with Crippen molar-refractivity contribution in [3.8, 4) is 0 Å². The SMILES string of the molecule is CC(C)[C@H](NC(=O)OCc1ccccc1)C(=O)N[C@H](Cc1ccc(Cl)cc1Cl)C(=O)O. The number of hydrogen-bond donors (Lipinski definition) is 3. The normalized spacial score (nSPS) is 12.7. The summed E-state index contributed by atoms with van der Waals surface area (Å²) >= 11 is 12.0. The Morgan fingerprint density at radius 1 is 1.03 bits per heavy atom. The van der Waals surface area contributed by atoms with Gasteiger partial charge in [0.2, 0.25) is 5.91 Å². The fourth-order valence-electron chi connectivity index (χ4n) is 2.80. The quantitative estimate of drug-likeness (QED) is 0.516. The number of rotatable bonds is 9. The van der Waals surface area contributed by atoms with Crippen molar-refractivity contribution in [3.05, 3.63) is 69.7 Å². The second kappa shape index (κ2) is 11.6. The van der Waals surface area contributed by atoms with Gasteiger partial charge in [-0.2, -0.15) is 0 Å². The summed E-state index contributed by atoms with van der Waals surface area (Å²) in [7, 11) is 0. The zero-order valence-electron chi connectivity index (χ0n) is 17.1. The first-order valence-electron chi connectivity index (χ1n) is 9.61. The molecule has 2 rings (SSSR count). The van der Waals surface area contributed by atoms with Crippen LogP contribution < -0.4 is 10.6 Å². The van der Waals surface area contributed by atoms with Crippen LogP contribution in [0.3, 0.4) is 0 Å². The van der Waals surface area contributed by atoms with Crippen LogP contribution in [-0.4, -0.2) is 35.2 Å². The monoisotopic (exact) mass is 466 g/mol. The number of carbonyl (C=O) groups excluding carboxylic acids is 2. The first-order chi connectivity index (χ1) is 14.7. The Bertz CT molecular complexity index is 921. The number of nitrogens with one attached hydrogen (secondary N) is 2. The largest absolute Gasteiger partial charge is 0.480 e. The number of alkyl carbamates (subject to hydrolysis) is 1. The third-order valence-corrected chi connectivity index (χ3v) is 5.08. The molecule has 0 bridgehead atoms. The van der Waals surface area contributed by atoms with Crippen LogP contribution in [-0.2, 0) is 27.4 Å². The number of amides is 2. The number of carboxylic acids is 1. The van der Waals surface area contributed by atoms with E-state index in [2.05, 4.69) is 10.6 Å². The highest BCUT2D eigenvalue weighted by Gasteiger charge is 2.29. The summed E-state index contributed by atoms with van der Waals surface area (Å²) in [4.78, 5) is 36.6. The lowest BCUT2D eigenvalue weighted by molar-refractivity contribution is -0.142. The molecule has 0 aliphatic carbocycles. The number of ether oxygens (including phenoxy) is 1. The first-order valence-corrected chi connectivity index (χ1v) is 10.4. The van der Waals surface area contributed by atoms with Gasteiger partial charge in [-0.05, 0) is 29.2 Å². The summed E-state index contributed by atoms with van der Waals surface area (Å²) in [6.07, 6.45) is -0.814. The van der Waals surface area contributed by atoms with E-state index in [-0.39, 0.29) is 18.9 Å². The maximum absolute atomic E-state index is 12.7. The van der Waals surface area contributed by atoms with Gasteiger partial charge in [0.15, 0.2) is 0 Å². The molecule has 0 saturated carbocycles. The van der Waals surface area contributed by atoms with Gasteiger partial charge in [-0.25, -0.2) is 9.59 Å². The zero-order valence-corrected chi connectivity index (χ0v) is 18.6. The van der Waals surface area contributed by atoms with Crippen LogP contribution in [0.1, 0.15) is 25.0 Å². The molecule has 9 heteroatoms. The summed E-state index contributed by atoms with van der Waals surface area (Å²) in [6.45, 7) is 3.51. The van der Waals surface area contributed by atoms with Gasteiger partial charge in [0.25, 0.3) is 0 Å². The molecule has 0 unspecified atom stereocenters. The van der Waals surface area contributed by atoms with Crippen LogP contribution in [0.2, 0.25) is 10.0 Å². The van der Waals surface area contributed by atoms with Crippen molar-refractivity contribution in [2.45, 2.75) is 39.0 Å². The summed E-state index contributed by atoms with van der Waals surface area (Å²) in [5, 5.41) is 15.2. The van der Waals surface area contributed by atoms with E-state index in [1.54, 1.807) is 38.1 Å².